The number of morpholine rings is 1. The lowest BCUT2D eigenvalue weighted by Gasteiger charge is -2.29. The molecule has 1 aliphatic rings. The van der Waals surface area contributed by atoms with Crippen LogP contribution in [0.1, 0.15) is 10.4 Å². The van der Waals surface area contributed by atoms with Gasteiger partial charge in [0.05, 0.1) is 25.4 Å². The van der Waals surface area contributed by atoms with Crippen molar-refractivity contribution in [3.8, 4) is 16.9 Å². The molecule has 0 aliphatic carbocycles. The predicted octanol–water partition coefficient (Wildman–Crippen LogP) is 3.16. The number of halogens is 3. The molecule has 3 heterocycles. The van der Waals surface area contributed by atoms with Crippen LogP contribution in [0.25, 0.3) is 11.1 Å². The number of aromatic nitrogens is 2. The van der Waals surface area contributed by atoms with Crippen molar-refractivity contribution in [3.63, 3.8) is 0 Å². The van der Waals surface area contributed by atoms with Crippen molar-refractivity contribution in [1.82, 2.24) is 9.55 Å². The van der Waals surface area contributed by atoms with Gasteiger partial charge in [0.1, 0.15) is 11.6 Å². The summed E-state index contributed by atoms with van der Waals surface area (Å²) in [7, 11) is 0. The van der Waals surface area contributed by atoms with Crippen LogP contribution in [0.15, 0.2) is 59.7 Å². The minimum absolute atomic E-state index is 0.164. The molecule has 9 nitrogen and oxygen atoms in total. The number of benzene rings is 1. The third-order valence-corrected chi connectivity index (χ3v) is 5.51. The number of carbonyl (C=O) groups excluding carboxylic acids is 1. The lowest BCUT2D eigenvalue weighted by molar-refractivity contribution is -0.0964. The van der Waals surface area contributed by atoms with Crippen LogP contribution in [0.3, 0.4) is 0 Å². The highest BCUT2D eigenvalue weighted by Gasteiger charge is 2.27. The summed E-state index contributed by atoms with van der Waals surface area (Å²) in [5.41, 5.74) is -2.40. The van der Waals surface area contributed by atoms with Gasteiger partial charge < -0.3 is 29.4 Å². The quantitative estimate of drug-likeness (QED) is 0.439. The summed E-state index contributed by atoms with van der Waals surface area (Å²) in [4.78, 5) is 32.0. The molecule has 1 aromatic carbocycles. The largest absolute Gasteiger partial charge is 0.487 e. The molecular weight excluding hydrogens is 498 g/mol. The van der Waals surface area contributed by atoms with E-state index in [-0.39, 0.29) is 30.0 Å². The number of carbonyl (C=O) groups is 1. The van der Waals surface area contributed by atoms with Crippen LogP contribution >= 0.6 is 11.6 Å². The first-order valence-corrected chi connectivity index (χ1v) is 11.4. The third-order valence-electron chi connectivity index (χ3n) is 5.43. The number of hydrogen-bond acceptors (Lipinski definition) is 7. The zero-order chi connectivity index (χ0) is 25.7. The van der Waals surface area contributed by atoms with Crippen LogP contribution in [0.5, 0.6) is 5.75 Å². The second-order valence-corrected chi connectivity index (χ2v) is 8.33. The number of rotatable bonds is 8. The first-order chi connectivity index (χ1) is 17.2. The Kier molecular flexibility index (Phi) is 7.82. The highest BCUT2D eigenvalue weighted by Crippen LogP contribution is 2.30. The van der Waals surface area contributed by atoms with Crippen molar-refractivity contribution in [2.24, 2.45) is 0 Å². The van der Waals surface area contributed by atoms with Gasteiger partial charge in [-0.1, -0.05) is 0 Å². The molecule has 0 saturated carbocycles. The molecule has 1 amide bonds. The van der Waals surface area contributed by atoms with Gasteiger partial charge in [0, 0.05) is 60.9 Å². The van der Waals surface area contributed by atoms with Crippen LogP contribution in [-0.4, -0.2) is 59.0 Å². The molecule has 0 radical (unpaired) electrons. The highest BCUT2D eigenvalue weighted by atomic mass is 35.5. The number of anilines is 2. The number of hydrogen-bond donors (Lipinski definition) is 2. The Labute approximate surface area is 209 Å². The maximum atomic E-state index is 13.0. The molecule has 0 bridgehead atoms. The smallest absolute Gasteiger partial charge is 0.420 e. The van der Waals surface area contributed by atoms with E-state index in [9.17, 15) is 18.4 Å². The van der Waals surface area contributed by atoms with Gasteiger partial charge in [0.25, 0.3) is 11.5 Å². The van der Waals surface area contributed by atoms with Gasteiger partial charge in [-0.15, -0.1) is 8.78 Å². The molecule has 1 fully saturated rings. The van der Waals surface area contributed by atoms with E-state index in [1.807, 2.05) is 4.90 Å². The van der Waals surface area contributed by atoms with Gasteiger partial charge in [0.15, 0.2) is 0 Å². The molecule has 2 N–H and O–H groups in total. The summed E-state index contributed by atoms with van der Waals surface area (Å²) < 4.78 is 36.7. The van der Waals surface area contributed by atoms with E-state index in [0.717, 1.165) is 0 Å². The van der Waals surface area contributed by atoms with E-state index in [2.05, 4.69) is 15.0 Å². The Bertz CT molecular complexity index is 1270. The van der Waals surface area contributed by atoms with Crippen molar-refractivity contribution < 1.29 is 28.2 Å². The molecule has 2 aromatic heterocycles. The molecule has 0 unspecified atom stereocenters. The fourth-order valence-electron chi connectivity index (χ4n) is 3.73. The minimum atomic E-state index is -3.84. The van der Waals surface area contributed by atoms with Crippen molar-refractivity contribution in [3.05, 3.63) is 70.8 Å². The van der Waals surface area contributed by atoms with E-state index in [1.54, 1.807) is 18.3 Å². The molecular formula is C24H23ClF2N4O5. The maximum Gasteiger partial charge on any atom is 0.487 e. The van der Waals surface area contributed by atoms with Gasteiger partial charge in [0.2, 0.25) is 0 Å². The predicted molar refractivity (Wildman–Crippen MR) is 130 cm³/mol. The zero-order valence-electron chi connectivity index (χ0n) is 19.0. The molecule has 1 saturated heterocycles. The average Bonchev–Trinajstić information content (AvgIpc) is 2.86. The van der Waals surface area contributed by atoms with Crippen molar-refractivity contribution >= 4 is 29.0 Å². The van der Waals surface area contributed by atoms with E-state index in [1.165, 1.54) is 41.1 Å². The SMILES string of the molecule is O=C(Nc1ccc(OC(F)(F)Cl)cc1)c1cnc(N2CCOCC2)c(-c2ccn(CCO)c(=O)c2)c1. The second kappa shape index (κ2) is 11.0. The van der Waals surface area contributed by atoms with Crippen LogP contribution in [0, 0.1) is 0 Å². The molecule has 3 aromatic rings. The van der Waals surface area contributed by atoms with Crippen molar-refractivity contribution in [2.45, 2.75) is 12.1 Å². The Hall–Kier alpha value is -3.54. The molecule has 0 atom stereocenters. The molecule has 36 heavy (non-hydrogen) atoms. The van der Waals surface area contributed by atoms with Crippen molar-refractivity contribution in [1.29, 1.82) is 0 Å². The molecule has 190 valence electrons. The van der Waals surface area contributed by atoms with E-state index in [0.29, 0.717) is 48.9 Å². The number of nitrogens with zero attached hydrogens (tertiary/aromatic N) is 3. The maximum absolute atomic E-state index is 13.0. The van der Waals surface area contributed by atoms with Crippen LogP contribution in [-0.2, 0) is 11.3 Å². The number of aliphatic hydroxyl groups is 1. The van der Waals surface area contributed by atoms with E-state index in [4.69, 9.17) is 21.4 Å². The standard InChI is InChI=1S/C24H23ClF2N4O5/c25-24(26,27)36-19-3-1-18(2-4-19)29-23(34)17-13-20(16-5-6-30(7-10-32)21(33)14-16)22(28-15-17)31-8-11-35-12-9-31/h1-6,13-15,32H,7-12H2,(H,29,34). The van der Waals surface area contributed by atoms with Gasteiger partial charge in [-0.25, -0.2) is 4.98 Å². The summed E-state index contributed by atoms with van der Waals surface area (Å²) in [5, 5.41) is 11.8. The lowest BCUT2D eigenvalue weighted by Crippen LogP contribution is -2.37. The fourth-order valence-corrected chi connectivity index (χ4v) is 3.82. The number of pyridine rings is 2. The summed E-state index contributed by atoms with van der Waals surface area (Å²) in [5.74, 6) is -0.0392. The molecule has 0 spiro atoms. The van der Waals surface area contributed by atoms with Gasteiger partial charge >= 0.3 is 5.57 Å². The molecule has 12 heteroatoms. The Morgan fingerprint density at radius 3 is 2.56 bits per heavy atom. The number of ether oxygens (including phenoxy) is 2. The van der Waals surface area contributed by atoms with Crippen LogP contribution in [0.4, 0.5) is 20.3 Å². The van der Waals surface area contributed by atoms with Gasteiger partial charge in [-0.2, -0.15) is 0 Å². The van der Waals surface area contributed by atoms with Gasteiger partial charge in [-0.3, -0.25) is 9.59 Å². The first kappa shape index (κ1) is 25.5. The van der Waals surface area contributed by atoms with Gasteiger partial charge in [-0.05, 0) is 42.0 Å². The average molecular weight is 521 g/mol. The highest BCUT2D eigenvalue weighted by molar-refractivity contribution is 6.20. The fraction of sp³-hybridized carbons (Fsp3) is 0.292. The van der Waals surface area contributed by atoms with E-state index >= 15 is 0 Å². The number of amides is 1. The number of aliphatic hydroxyl groups excluding tert-OH is 1. The van der Waals surface area contributed by atoms with Crippen molar-refractivity contribution in [2.75, 3.05) is 43.1 Å². The zero-order valence-corrected chi connectivity index (χ0v) is 19.8. The number of alkyl halides is 3. The number of nitrogens with one attached hydrogen (secondary N) is 1. The summed E-state index contributed by atoms with van der Waals surface area (Å²) >= 11 is 4.77. The minimum Gasteiger partial charge on any atom is -0.420 e. The Morgan fingerprint density at radius 2 is 1.92 bits per heavy atom. The van der Waals surface area contributed by atoms with Crippen LogP contribution in [0.2, 0.25) is 0 Å². The third kappa shape index (κ3) is 6.36. The second-order valence-electron chi connectivity index (χ2n) is 7.89. The Balaban J connectivity index is 1.62. The van der Waals surface area contributed by atoms with Crippen LogP contribution < -0.4 is 20.5 Å². The topological polar surface area (TPSA) is 106 Å². The molecule has 1 aliphatic heterocycles. The Morgan fingerprint density at radius 1 is 1.19 bits per heavy atom. The summed E-state index contributed by atoms with van der Waals surface area (Å²) in [6.45, 7) is 2.25. The first-order valence-electron chi connectivity index (χ1n) is 11.0. The normalized spacial score (nSPS) is 13.9. The summed E-state index contributed by atoms with van der Waals surface area (Å²) in [6, 6.07) is 10.1. The lowest BCUT2D eigenvalue weighted by atomic mass is 10.0. The summed E-state index contributed by atoms with van der Waals surface area (Å²) in [6.07, 6.45) is 3.01. The monoisotopic (exact) mass is 520 g/mol. The molecule has 4 rings (SSSR count). The van der Waals surface area contributed by atoms with E-state index < -0.39 is 11.5 Å².